The van der Waals surface area contributed by atoms with Crippen molar-refractivity contribution in [2.45, 2.75) is 47.5 Å². The van der Waals surface area contributed by atoms with Crippen LogP contribution in [0.25, 0.3) is 5.57 Å². The molecule has 140 valence electrons. The molecule has 0 bridgehead atoms. The molecule has 2 nitrogen and oxygen atoms in total. The van der Waals surface area contributed by atoms with Crippen LogP contribution in [-0.2, 0) is 0 Å². The number of hydrogen-bond donors (Lipinski definition) is 0. The van der Waals surface area contributed by atoms with Gasteiger partial charge in [-0.15, -0.1) is 12.4 Å². The molecule has 1 fully saturated rings. The molecule has 1 aromatic carbocycles. The highest BCUT2D eigenvalue weighted by Gasteiger charge is 2.41. The average Bonchev–Trinajstić information content (AvgIpc) is 2.76. The van der Waals surface area contributed by atoms with Crippen LogP contribution in [-0.4, -0.2) is 37.6 Å². The van der Waals surface area contributed by atoms with E-state index in [-0.39, 0.29) is 17.8 Å². The van der Waals surface area contributed by atoms with Gasteiger partial charge < -0.3 is 4.90 Å². The lowest BCUT2D eigenvalue weighted by Crippen LogP contribution is -2.46. The Morgan fingerprint density at radius 1 is 0.960 bits per heavy atom. The largest absolute Gasteiger partial charge is 0.368 e. The normalized spacial score (nSPS) is 22.4. The summed E-state index contributed by atoms with van der Waals surface area (Å²) in [7, 11) is 0. The van der Waals surface area contributed by atoms with E-state index in [1.807, 2.05) is 0 Å². The molecule has 0 saturated carbocycles. The van der Waals surface area contributed by atoms with Gasteiger partial charge in [-0.25, -0.2) is 0 Å². The van der Waals surface area contributed by atoms with Crippen LogP contribution in [0.1, 0.15) is 53.0 Å². The lowest BCUT2D eigenvalue weighted by Gasteiger charge is -2.37. The fourth-order valence-corrected chi connectivity index (χ4v) is 4.11. The lowest BCUT2D eigenvalue weighted by molar-refractivity contribution is 0.191. The van der Waals surface area contributed by atoms with E-state index in [4.69, 9.17) is 0 Å². The monoisotopic (exact) mass is 362 g/mol. The maximum Gasteiger partial charge on any atom is 0.0443 e. The number of hydrogen-bond acceptors (Lipinski definition) is 2. The van der Waals surface area contributed by atoms with Gasteiger partial charge in [-0.05, 0) is 41.9 Å². The van der Waals surface area contributed by atoms with E-state index in [1.54, 1.807) is 0 Å². The number of benzene rings is 1. The predicted octanol–water partition coefficient (Wildman–Crippen LogP) is 5.48. The minimum Gasteiger partial charge on any atom is -0.368 e. The minimum atomic E-state index is 0. The van der Waals surface area contributed by atoms with E-state index in [9.17, 15) is 0 Å². The summed E-state index contributed by atoms with van der Waals surface area (Å²) in [4.78, 5) is 5.20. The first-order chi connectivity index (χ1) is 11.3. The summed E-state index contributed by atoms with van der Waals surface area (Å²) in [5.41, 5.74) is 5.02. The van der Waals surface area contributed by atoms with Crippen molar-refractivity contribution in [2.75, 3.05) is 37.6 Å². The molecule has 0 spiro atoms. The Morgan fingerprint density at radius 3 is 2.16 bits per heavy atom. The number of para-hydroxylation sites is 1. The molecular weight excluding hydrogens is 328 g/mol. The number of halogens is 1. The molecule has 1 aromatic rings. The van der Waals surface area contributed by atoms with E-state index in [1.165, 1.54) is 49.3 Å². The zero-order valence-electron chi connectivity index (χ0n) is 16.6. The number of nitrogens with zero attached hydrogens (tertiary/aromatic N) is 2. The van der Waals surface area contributed by atoms with Crippen LogP contribution in [0.5, 0.6) is 0 Å². The third kappa shape index (κ3) is 4.06. The maximum absolute atomic E-state index is 2.60. The van der Waals surface area contributed by atoms with Gasteiger partial charge in [0.2, 0.25) is 0 Å². The highest BCUT2D eigenvalue weighted by Crippen LogP contribution is 2.54. The second kappa shape index (κ2) is 7.72. The first-order valence-electron chi connectivity index (χ1n) is 9.62. The lowest BCUT2D eigenvalue weighted by atomic mass is 9.70. The molecule has 2 aliphatic rings. The first kappa shape index (κ1) is 20.3. The van der Waals surface area contributed by atoms with E-state index >= 15 is 0 Å². The van der Waals surface area contributed by atoms with Crippen LogP contribution in [0.2, 0.25) is 0 Å². The van der Waals surface area contributed by atoms with Crippen molar-refractivity contribution in [2.24, 2.45) is 10.8 Å². The standard InChI is InChI=1S/C22H34N2.ClH/c1-6-11-23-12-14-24(15-13-23)20-10-8-7-9-19(20)18-16-21(2,3)22(4,5)17-18;/h7-10,16H,6,11-15,17H2,1-5H3;1H. The molecule has 25 heavy (non-hydrogen) atoms. The van der Waals surface area contributed by atoms with Gasteiger partial charge >= 0.3 is 0 Å². The van der Waals surface area contributed by atoms with Crippen molar-refractivity contribution in [1.29, 1.82) is 0 Å². The second-order valence-electron chi connectivity index (χ2n) is 8.80. The molecule has 1 aliphatic heterocycles. The Labute approximate surface area is 160 Å². The van der Waals surface area contributed by atoms with Crippen molar-refractivity contribution < 1.29 is 0 Å². The summed E-state index contributed by atoms with van der Waals surface area (Å²) in [6.07, 6.45) is 4.96. The molecule has 0 amide bonds. The summed E-state index contributed by atoms with van der Waals surface area (Å²) in [5, 5.41) is 0. The van der Waals surface area contributed by atoms with E-state index in [2.05, 4.69) is 74.8 Å². The Morgan fingerprint density at radius 2 is 1.60 bits per heavy atom. The van der Waals surface area contributed by atoms with Crippen molar-refractivity contribution in [3.8, 4) is 0 Å². The van der Waals surface area contributed by atoms with Crippen LogP contribution >= 0.6 is 12.4 Å². The zero-order chi connectivity index (χ0) is 17.4. The summed E-state index contributed by atoms with van der Waals surface area (Å²) in [6, 6.07) is 9.05. The molecule has 0 radical (unpaired) electrons. The molecule has 0 atom stereocenters. The molecule has 0 aromatic heterocycles. The average molecular weight is 363 g/mol. The highest BCUT2D eigenvalue weighted by molar-refractivity contribution is 5.85. The predicted molar refractivity (Wildman–Crippen MR) is 113 cm³/mol. The molecule has 1 heterocycles. The number of rotatable bonds is 4. The van der Waals surface area contributed by atoms with E-state index in [0.29, 0.717) is 5.41 Å². The molecule has 0 unspecified atom stereocenters. The van der Waals surface area contributed by atoms with Gasteiger partial charge in [-0.3, -0.25) is 4.90 Å². The topological polar surface area (TPSA) is 6.48 Å². The maximum atomic E-state index is 2.60. The third-order valence-electron chi connectivity index (χ3n) is 6.41. The number of anilines is 1. The van der Waals surface area contributed by atoms with Crippen LogP contribution in [0, 0.1) is 10.8 Å². The zero-order valence-corrected chi connectivity index (χ0v) is 17.5. The van der Waals surface area contributed by atoms with Gasteiger partial charge in [0.1, 0.15) is 0 Å². The number of piperazine rings is 1. The summed E-state index contributed by atoms with van der Waals surface area (Å²) < 4.78 is 0. The third-order valence-corrected chi connectivity index (χ3v) is 6.41. The molecule has 1 saturated heterocycles. The quantitative estimate of drug-likeness (QED) is 0.699. The molecule has 3 heteroatoms. The van der Waals surface area contributed by atoms with Crippen molar-refractivity contribution >= 4 is 23.7 Å². The Bertz CT molecular complexity index is 610. The SMILES string of the molecule is CCCN1CCN(c2ccccc2C2=CC(C)(C)C(C)(C)C2)CC1.Cl. The minimum absolute atomic E-state index is 0. The first-order valence-corrected chi connectivity index (χ1v) is 9.62. The van der Waals surface area contributed by atoms with Crippen LogP contribution in [0.15, 0.2) is 30.3 Å². The van der Waals surface area contributed by atoms with Crippen LogP contribution in [0.4, 0.5) is 5.69 Å². The fourth-order valence-electron chi connectivity index (χ4n) is 4.11. The van der Waals surface area contributed by atoms with Gasteiger partial charge in [0.25, 0.3) is 0 Å². The van der Waals surface area contributed by atoms with Gasteiger partial charge in [0, 0.05) is 37.4 Å². The smallest absolute Gasteiger partial charge is 0.0443 e. The summed E-state index contributed by atoms with van der Waals surface area (Å²) in [5.74, 6) is 0. The molecule has 3 rings (SSSR count). The van der Waals surface area contributed by atoms with Crippen LogP contribution in [0.3, 0.4) is 0 Å². The molecular formula is C22H35ClN2. The van der Waals surface area contributed by atoms with Crippen molar-refractivity contribution in [1.82, 2.24) is 4.90 Å². The van der Waals surface area contributed by atoms with Gasteiger partial charge in [0.15, 0.2) is 0 Å². The second-order valence-corrected chi connectivity index (χ2v) is 8.80. The van der Waals surface area contributed by atoms with Gasteiger partial charge in [-0.1, -0.05) is 58.9 Å². The van der Waals surface area contributed by atoms with E-state index in [0.717, 1.165) is 13.1 Å². The fraction of sp³-hybridized carbons (Fsp3) is 0.636. The number of allylic oxidation sites excluding steroid dienone is 2. The molecule has 0 N–H and O–H groups in total. The summed E-state index contributed by atoms with van der Waals surface area (Å²) >= 11 is 0. The van der Waals surface area contributed by atoms with Gasteiger partial charge in [0.05, 0.1) is 0 Å². The Kier molecular flexibility index (Phi) is 6.27. The Hall–Kier alpha value is -0.990. The van der Waals surface area contributed by atoms with Crippen LogP contribution < -0.4 is 4.90 Å². The Balaban J connectivity index is 0.00000225. The van der Waals surface area contributed by atoms with Crippen molar-refractivity contribution in [3.63, 3.8) is 0 Å². The van der Waals surface area contributed by atoms with Gasteiger partial charge in [-0.2, -0.15) is 0 Å². The van der Waals surface area contributed by atoms with Crippen molar-refractivity contribution in [3.05, 3.63) is 35.9 Å². The molecule has 1 aliphatic carbocycles. The van der Waals surface area contributed by atoms with E-state index < -0.39 is 0 Å². The summed E-state index contributed by atoms with van der Waals surface area (Å²) in [6.45, 7) is 17.8. The highest BCUT2D eigenvalue weighted by atomic mass is 35.5.